The van der Waals surface area contributed by atoms with Gasteiger partial charge >= 0.3 is 0 Å². The highest BCUT2D eigenvalue weighted by atomic mass is 32.1. The summed E-state index contributed by atoms with van der Waals surface area (Å²) in [5.74, 6) is 1.50. The highest BCUT2D eigenvalue weighted by molar-refractivity contribution is 7.09. The third kappa shape index (κ3) is 1.46. The van der Waals surface area contributed by atoms with E-state index in [2.05, 4.69) is 4.98 Å². The van der Waals surface area contributed by atoms with Gasteiger partial charge in [-0.05, 0) is 12.8 Å². The van der Waals surface area contributed by atoms with Crippen molar-refractivity contribution in [3.05, 3.63) is 10.4 Å². The molecule has 1 aliphatic carbocycles. The van der Waals surface area contributed by atoms with Crippen LogP contribution < -0.4 is 4.74 Å². The van der Waals surface area contributed by atoms with Crippen molar-refractivity contribution in [2.75, 3.05) is 7.11 Å². The van der Waals surface area contributed by atoms with E-state index in [9.17, 15) is 0 Å². The fraction of sp³-hybridized carbons (Fsp3) is 0.667. The number of aromatic nitrogens is 1. The predicted octanol–water partition coefficient (Wildman–Crippen LogP) is 2.81. The molecule has 0 spiro atoms. The average Bonchev–Trinajstić information content (AvgIpc) is 2.75. The van der Waals surface area contributed by atoms with E-state index in [4.69, 9.17) is 4.74 Å². The monoisotopic (exact) mass is 183 g/mol. The minimum Gasteiger partial charge on any atom is -0.480 e. The van der Waals surface area contributed by atoms with E-state index in [1.807, 2.05) is 5.38 Å². The van der Waals surface area contributed by atoms with Crippen LogP contribution in [0.4, 0.5) is 0 Å². The molecule has 0 atom stereocenters. The van der Waals surface area contributed by atoms with Crippen LogP contribution in [0.15, 0.2) is 5.38 Å². The summed E-state index contributed by atoms with van der Waals surface area (Å²) in [4.78, 5) is 4.41. The second kappa shape index (κ2) is 3.44. The van der Waals surface area contributed by atoms with Crippen LogP contribution >= 0.6 is 11.3 Å². The van der Waals surface area contributed by atoms with Crippen LogP contribution in [-0.4, -0.2) is 12.1 Å². The molecule has 1 aromatic heterocycles. The first-order chi connectivity index (χ1) is 5.90. The molecule has 3 heteroatoms. The van der Waals surface area contributed by atoms with Crippen molar-refractivity contribution in [3.63, 3.8) is 0 Å². The van der Waals surface area contributed by atoms with E-state index in [0.717, 1.165) is 11.8 Å². The normalized spacial score (nSPS) is 18.4. The van der Waals surface area contributed by atoms with E-state index in [1.165, 1.54) is 30.7 Å². The van der Waals surface area contributed by atoms with Crippen molar-refractivity contribution in [1.29, 1.82) is 0 Å². The second-order valence-corrected chi connectivity index (χ2v) is 4.10. The first-order valence-electron chi connectivity index (χ1n) is 4.39. The topological polar surface area (TPSA) is 22.1 Å². The number of hydrogen-bond donors (Lipinski definition) is 0. The van der Waals surface area contributed by atoms with E-state index >= 15 is 0 Å². The summed E-state index contributed by atoms with van der Waals surface area (Å²) in [6, 6.07) is 0. The van der Waals surface area contributed by atoms with Crippen molar-refractivity contribution >= 4 is 11.3 Å². The van der Waals surface area contributed by atoms with Crippen molar-refractivity contribution in [2.24, 2.45) is 0 Å². The van der Waals surface area contributed by atoms with Crippen molar-refractivity contribution in [3.8, 4) is 5.88 Å². The molecule has 0 unspecified atom stereocenters. The molecule has 1 heterocycles. The smallest absolute Gasteiger partial charge is 0.224 e. The van der Waals surface area contributed by atoms with Gasteiger partial charge in [0.1, 0.15) is 0 Å². The van der Waals surface area contributed by atoms with Crippen LogP contribution in [0.25, 0.3) is 0 Å². The first-order valence-corrected chi connectivity index (χ1v) is 5.27. The highest BCUT2D eigenvalue weighted by Gasteiger charge is 2.19. The molecule has 1 aliphatic rings. The molecule has 66 valence electrons. The molecule has 0 amide bonds. The van der Waals surface area contributed by atoms with Gasteiger partial charge in [0, 0.05) is 5.92 Å². The molecule has 2 nitrogen and oxygen atoms in total. The van der Waals surface area contributed by atoms with Crippen LogP contribution in [0.5, 0.6) is 5.88 Å². The lowest BCUT2D eigenvalue weighted by Crippen LogP contribution is -1.91. The lowest BCUT2D eigenvalue weighted by molar-refractivity contribution is 0.399. The number of methoxy groups -OCH3 is 1. The van der Waals surface area contributed by atoms with Gasteiger partial charge in [0.25, 0.3) is 0 Å². The number of thiazole rings is 1. The molecule has 2 rings (SSSR count). The zero-order chi connectivity index (χ0) is 8.39. The molecule has 1 aromatic rings. The fourth-order valence-electron chi connectivity index (χ4n) is 1.73. The quantitative estimate of drug-likeness (QED) is 0.703. The molecule has 1 saturated carbocycles. The van der Waals surface area contributed by atoms with Crippen LogP contribution in [0.2, 0.25) is 0 Å². The third-order valence-corrected chi connectivity index (χ3v) is 3.40. The fourth-order valence-corrected chi connectivity index (χ4v) is 2.67. The predicted molar refractivity (Wildman–Crippen MR) is 49.9 cm³/mol. The van der Waals surface area contributed by atoms with Crippen molar-refractivity contribution in [1.82, 2.24) is 4.98 Å². The highest BCUT2D eigenvalue weighted by Crippen LogP contribution is 2.36. The van der Waals surface area contributed by atoms with Crippen LogP contribution in [-0.2, 0) is 0 Å². The summed E-state index contributed by atoms with van der Waals surface area (Å²) >= 11 is 1.74. The summed E-state index contributed by atoms with van der Waals surface area (Å²) in [7, 11) is 1.67. The summed E-state index contributed by atoms with van der Waals surface area (Å²) in [5, 5.41) is 3.26. The van der Waals surface area contributed by atoms with Gasteiger partial charge in [0.15, 0.2) is 0 Å². The van der Waals surface area contributed by atoms with Gasteiger partial charge in [-0.15, -0.1) is 11.3 Å². The Morgan fingerprint density at radius 3 is 2.83 bits per heavy atom. The lowest BCUT2D eigenvalue weighted by Gasteiger charge is -2.01. The Bertz CT molecular complexity index is 253. The van der Waals surface area contributed by atoms with Crippen molar-refractivity contribution in [2.45, 2.75) is 31.6 Å². The van der Waals surface area contributed by atoms with Crippen molar-refractivity contribution < 1.29 is 4.74 Å². The summed E-state index contributed by atoms with van der Waals surface area (Å²) in [5.41, 5.74) is 0. The molecule has 0 aromatic carbocycles. The van der Waals surface area contributed by atoms with Crippen LogP contribution in [0.3, 0.4) is 0 Å². The number of hydrogen-bond acceptors (Lipinski definition) is 3. The summed E-state index contributed by atoms with van der Waals surface area (Å²) < 4.78 is 5.05. The first kappa shape index (κ1) is 8.05. The Morgan fingerprint density at radius 1 is 1.50 bits per heavy atom. The Hall–Kier alpha value is -0.570. The van der Waals surface area contributed by atoms with Gasteiger partial charge in [0.2, 0.25) is 5.88 Å². The second-order valence-electron chi connectivity index (χ2n) is 3.21. The molecule has 1 fully saturated rings. The zero-order valence-electron chi connectivity index (χ0n) is 7.25. The third-order valence-electron chi connectivity index (χ3n) is 2.41. The Morgan fingerprint density at radius 2 is 2.25 bits per heavy atom. The van der Waals surface area contributed by atoms with Gasteiger partial charge in [-0.1, -0.05) is 12.8 Å². The maximum absolute atomic E-state index is 5.05. The van der Waals surface area contributed by atoms with Gasteiger partial charge in [-0.2, -0.15) is 0 Å². The largest absolute Gasteiger partial charge is 0.480 e. The molecule has 0 radical (unpaired) electrons. The number of rotatable bonds is 2. The Balaban J connectivity index is 2.11. The minimum absolute atomic E-state index is 0.721. The van der Waals surface area contributed by atoms with Gasteiger partial charge in [-0.25, -0.2) is 4.98 Å². The molecule has 0 aliphatic heterocycles. The number of ether oxygens (including phenoxy) is 1. The molecule has 0 saturated heterocycles. The van der Waals surface area contributed by atoms with Gasteiger partial charge < -0.3 is 4.74 Å². The molecule has 0 bridgehead atoms. The van der Waals surface area contributed by atoms with Crippen LogP contribution in [0, 0.1) is 0 Å². The number of nitrogens with zero attached hydrogens (tertiary/aromatic N) is 1. The molecular formula is C9H13NOS. The standard InChI is InChI=1S/C9H13NOS/c1-11-8-6-12-9(10-8)7-4-2-3-5-7/h6-7H,2-5H2,1H3. The maximum atomic E-state index is 5.05. The molecule has 12 heavy (non-hydrogen) atoms. The van der Waals surface area contributed by atoms with E-state index in [-0.39, 0.29) is 0 Å². The zero-order valence-corrected chi connectivity index (χ0v) is 8.06. The molecular weight excluding hydrogens is 170 g/mol. The molecule has 0 N–H and O–H groups in total. The Kier molecular flexibility index (Phi) is 2.30. The van der Waals surface area contributed by atoms with E-state index in [0.29, 0.717) is 0 Å². The average molecular weight is 183 g/mol. The maximum Gasteiger partial charge on any atom is 0.224 e. The SMILES string of the molecule is COc1csc(C2CCCC2)n1. The van der Waals surface area contributed by atoms with Crippen LogP contribution in [0.1, 0.15) is 36.6 Å². The summed E-state index contributed by atoms with van der Waals surface area (Å²) in [6.07, 6.45) is 5.37. The Labute approximate surface area is 76.6 Å². The van der Waals surface area contributed by atoms with E-state index < -0.39 is 0 Å². The lowest BCUT2D eigenvalue weighted by atomic mass is 10.1. The minimum atomic E-state index is 0.721. The summed E-state index contributed by atoms with van der Waals surface area (Å²) in [6.45, 7) is 0. The van der Waals surface area contributed by atoms with Gasteiger partial charge in [0.05, 0.1) is 17.5 Å². The van der Waals surface area contributed by atoms with Gasteiger partial charge in [-0.3, -0.25) is 0 Å². The van der Waals surface area contributed by atoms with E-state index in [1.54, 1.807) is 18.4 Å².